The van der Waals surface area contributed by atoms with E-state index in [2.05, 4.69) is 0 Å². The lowest BCUT2D eigenvalue weighted by Crippen LogP contribution is -2.34. The summed E-state index contributed by atoms with van der Waals surface area (Å²) in [5.41, 5.74) is 0. The lowest BCUT2D eigenvalue weighted by Gasteiger charge is -2.13. The van der Waals surface area contributed by atoms with Gasteiger partial charge < -0.3 is 21.5 Å². The molecule has 0 saturated carbocycles. The van der Waals surface area contributed by atoms with Gasteiger partial charge in [-0.05, 0) is 0 Å². The van der Waals surface area contributed by atoms with Crippen LogP contribution < -0.4 is 6.15 Å². The molecule has 0 atom stereocenters. The van der Waals surface area contributed by atoms with Crippen LogP contribution >= 0.6 is 11.6 Å². The average molecular weight is 144 g/mol. The molecule has 0 aliphatic rings. The van der Waals surface area contributed by atoms with E-state index in [9.17, 15) is 0 Å². The third-order valence-corrected chi connectivity index (χ3v) is 0.895. The van der Waals surface area contributed by atoms with Gasteiger partial charge in [0, 0.05) is 0 Å². The van der Waals surface area contributed by atoms with Crippen LogP contribution in [-0.4, -0.2) is 33.6 Å². The normalized spacial score (nSPS) is 10.5. The molecular weight excluding hydrogens is 133 g/mol. The van der Waals surface area contributed by atoms with E-state index in [1.807, 2.05) is 0 Å². The SMILES string of the molecule is N.OCC(O)(O)CCl. The predicted molar refractivity (Wildman–Crippen MR) is 30.0 cm³/mol. The van der Waals surface area contributed by atoms with Gasteiger partial charge in [-0.25, -0.2) is 0 Å². The quantitative estimate of drug-likeness (QED) is 0.296. The van der Waals surface area contributed by atoms with E-state index in [1.54, 1.807) is 0 Å². The first-order valence-electron chi connectivity index (χ1n) is 1.74. The fraction of sp³-hybridized carbons (Fsp3) is 1.00. The van der Waals surface area contributed by atoms with Crippen molar-refractivity contribution in [1.29, 1.82) is 0 Å². The Kier molecular flexibility index (Phi) is 5.57. The molecule has 52 valence electrons. The number of aliphatic hydroxyl groups is 3. The zero-order valence-corrected chi connectivity index (χ0v) is 5.10. The molecule has 0 aliphatic carbocycles. The number of rotatable bonds is 2. The van der Waals surface area contributed by atoms with Crippen LogP contribution in [0.2, 0.25) is 0 Å². The van der Waals surface area contributed by atoms with Crippen molar-refractivity contribution in [3.05, 3.63) is 0 Å². The van der Waals surface area contributed by atoms with Crippen molar-refractivity contribution < 1.29 is 15.3 Å². The number of hydrogen-bond donors (Lipinski definition) is 4. The van der Waals surface area contributed by atoms with Crippen LogP contribution in [0.5, 0.6) is 0 Å². The van der Waals surface area contributed by atoms with Crippen molar-refractivity contribution in [3.63, 3.8) is 0 Å². The summed E-state index contributed by atoms with van der Waals surface area (Å²) in [6, 6.07) is 0. The maximum absolute atomic E-state index is 8.31. The van der Waals surface area contributed by atoms with E-state index in [1.165, 1.54) is 0 Å². The van der Waals surface area contributed by atoms with Gasteiger partial charge in [0.2, 0.25) is 0 Å². The Morgan fingerprint density at radius 3 is 1.75 bits per heavy atom. The van der Waals surface area contributed by atoms with Gasteiger partial charge in [-0.3, -0.25) is 0 Å². The van der Waals surface area contributed by atoms with Crippen LogP contribution in [0, 0.1) is 0 Å². The Bertz CT molecular complexity index is 52.5. The second-order valence-corrected chi connectivity index (χ2v) is 1.54. The number of alkyl halides is 1. The highest BCUT2D eigenvalue weighted by molar-refractivity contribution is 6.18. The lowest BCUT2D eigenvalue weighted by atomic mass is 10.4. The summed E-state index contributed by atoms with van der Waals surface area (Å²) in [5.74, 6) is -2.47. The summed E-state index contributed by atoms with van der Waals surface area (Å²) in [7, 11) is 0. The largest absolute Gasteiger partial charge is 0.391 e. The van der Waals surface area contributed by atoms with Gasteiger partial charge in [0.05, 0.1) is 12.5 Å². The lowest BCUT2D eigenvalue weighted by molar-refractivity contribution is -0.168. The van der Waals surface area contributed by atoms with E-state index in [0.29, 0.717) is 0 Å². The molecule has 4 nitrogen and oxygen atoms in total. The van der Waals surface area contributed by atoms with Crippen molar-refractivity contribution >= 4 is 11.6 Å². The Labute approximate surface area is 52.3 Å². The second kappa shape index (κ2) is 4.05. The molecule has 0 fully saturated rings. The summed E-state index contributed by atoms with van der Waals surface area (Å²) >= 11 is 4.93. The molecular formula is C3H10ClNO3. The summed E-state index contributed by atoms with van der Waals surface area (Å²) in [4.78, 5) is 0. The Morgan fingerprint density at radius 1 is 1.38 bits per heavy atom. The zero-order valence-electron chi connectivity index (χ0n) is 4.34. The third-order valence-electron chi connectivity index (χ3n) is 0.467. The van der Waals surface area contributed by atoms with Crippen LogP contribution in [0.4, 0.5) is 0 Å². The molecule has 0 rings (SSSR count). The first-order chi connectivity index (χ1) is 3.12. The predicted octanol–water partition coefficient (Wildman–Crippen LogP) is -0.940. The highest BCUT2D eigenvalue weighted by atomic mass is 35.5. The molecule has 5 heteroatoms. The summed E-state index contributed by atoms with van der Waals surface area (Å²) in [6.45, 7) is -0.726. The topological polar surface area (TPSA) is 95.7 Å². The van der Waals surface area contributed by atoms with Crippen molar-refractivity contribution in [1.82, 2.24) is 6.15 Å². The van der Waals surface area contributed by atoms with Crippen LogP contribution in [0.1, 0.15) is 0 Å². The minimum absolute atomic E-state index is 0. The van der Waals surface area contributed by atoms with Crippen molar-refractivity contribution in [2.24, 2.45) is 0 Å². The molecule has 0 heterocycles. The first kappa shape index (κ1) is 11.0. The smallest absolute Gasteiger partial charge is 0.200 e. The number of aliphatic hydroxyl groups excluding tert-OH is 1. The third kappa shape index (κ3) is 4.29. The Hall–Kier alpha value is 0.130. The molecule has 0 aromatic rings. The minimum Gasteiger partial charge on any atom is -0.391 e. The van der Waals surface area contributed by atoms with Crippen molar-refractivity contribution in [3.8, 4) is 0 Å². The molecule has 0 aromatic heterocycles. The van der Waals surface area contributed by atoms with Gasteiger partial charge in [0.25, 0.3) is 0 Å². The summed E-state index contributed by atoms with van der Waals surface area (Å²) in [6.07, 6.45) is 0. The van der Waals surface area contributed by atoms with E-state index in [0.717, 1.165) is 0 Å². The maximum atomic E-state index is 8.31. The van der Waals surface area contributed by atoms with E-state index >= 15 is 0 Å². The van der Waals surface area contributed by atoms with Crippen LogP contribution in [0.15, 0.2) is 0 Å². The highest BCUT2D eigenvalue weighted by Crippen LogP contribution is 1.98. The standard InChI is InChI=1S/C3H7ClO3.H3N/c4-1-3(6,7)2-5;/h5-7H,1-2H2;1H3. The van der Waals surface area contributed by atoms with E-state index in [4.69, 9.17) is 26.9 Å². The Morgan fingerprint density at radius 2 is 1.75 bits per heavy atom. The van der Waals surface area contributed by atoms with Crippen LogP contribution in [0.25, 0.3) is 0 Å². The number of halogens is 1. The highest BCUT2D eigenvalue weighted by Gasteiger charge is 2.18. The van der Waals surface area contributed by atoms with Gasteiger partial charge in [-0.1, -0.05) is 0 Å². The zero-order chi connectivity index (χ0) is 5.91. The minimum atomic E-state index is -2.10. The monoisotopic (exact) mass is 143 g/mol. The van der Waals surface area contributed by atoms with Crippen LogP contribution in [0.3, 0.4) is 0 Å². The molecule has 6 N–H and O–H groups in total. The van der Waals surface area contributed by atoms with Crippen molar-refractivity contribution in [2.75, 3.05) is 12.5 Å². The second-order valence-electron chi connectivity index (χ2n) is 1.27. The maximum Gasteiger partial charge on any atom is 0.200 e. The van der Waals surface area contributed by atoms with Gasteiger partial charge >= 0.3 is 0 Å². The fourth-order valence-corrected chi connectivity index (χ4v) is 0.127. The molecule has 0 aromatic carbocycles. The molecule has 0 bridgehead atoms. The molecule has 0 unspecified atom stereocenters. The van der Waals surface area contributed by atoms with E-state index in [-0.39, 0.29) is 12.0 Å². The van der Waals surface area contributed by atoms with Gasteiger partial charge in [0.1, 0.15) is 0 Å². The van der Waals surface area contributed by atoms with Gasteiger partial charge in [-0.2, -0.15) is 0 Å². The molecule has 0 saturated heterocycles. The van der Waals surface area contributed by atoms with E-state index < -0.39 is 12.4 Å². The van der Waals surface area contributed by atoms with Crippen molar-refractivity contribution in [2.45, 2.75) is 5.79 Å². The molecule has 0 aliphatic heterocycles. The van der Waals surface area contributed by atoms with Crippen LogP contribution in [-0.2, 0) is 0 Å². The molecule has 0 amide bonds. The Balaban J connectivity index is 0. The summed E-state index contributed by atoms with van der Waals surface area (Å²) < 4.78 is 0. The summed E-state index contributed by atoms with van der Waals surface area (Å²) in [5, 5.41) is 24.6. The van der Waals surface area contributed by atoms with Gasteiger partial charge in [-0.15, -0.1) is 11.6 Å². The average Bonchev–Trinajstić information content (AvgIpc) is 1.68. The molecule has 0 spiro atoms. The first-order valence-corrected chi connectivity index (χ1v) is 2.27. The van der Waals surface area contributed by atoms with Gasteiger partial charge in [0.15, 0.2) is 5.79 Å². The molecule has 0 radical (unpaired) electrons. The fourth-order valence-electron chi connectivity index (χ4n) is 0.0423. The molecule has 8 heavy (non-hydrogen) atoms. The number of hydrogen-bond acceptors (Lipinski definition) is 4.